The molecule has 16 heavy (non-hydrogen) atoms. The molecule has 1 heterocycles. The van der Waals surface area contributed by atoms with Crippen LogP contribution < -0.4 is 10.6 Å². The van der Waals surface area contributed by atoms with Gasteiger partial charge in [-0.2, -0.15) is 0 Å². The molecule has 3 N–H and O–H groups in total. The number of aryl methyl sites for hydroxylation is 1. The average Bonchev–Trinajstić information content (AvgIpc) is 3.03. The first-order valence-corrected chi connectivity index (χ1v) is 5.52. The second-order valence-corrected chi connectivity index (χ2v) is 4.41. The lowest BCUT2D eigenvalue weighted by molar-refractivity contribution is 0.266. The monoisotopic (exact) mass is 222 g/mol. The van der Waals surface area contributed by atoms with Crippen molar-refractivity contribution in [2.24, 2.45) is 0 Å². The van der Waals surface area contributed by atoms with Gasteiger partial charge in [-0.15, -0.1) is 0 Å². The van der Waals surface area contributed by atoms with Crippen molar-refractivity contribution in [2.75, 3.05) is 24.3 Å². The largest absolute Gasteiger partial charge is 0.394 e. The van der Waals surface area contributed by atoms with Crippen LogP contribution in [-0.2, 0) is 0 Å². The van der Waals surface area contributed by atoms with Crippen LogP contribution in [0.15, 0.2) is 0 Å². The minimum absolute atomic E-state index is 0.142. The van der Waals surface area contributed by atoms with Gasteiger partial charge in [-0.25, -0.2) is 9.97 Å². The molecule has 0 atom stereocenters. The summed E-state index contributed by atoms with van der Waals surface area (Å²) < 4.78 is 0. The van der Waals surface area contributed by atoms with Gasteiger partial charge in [-0.05, 0) is 26.7 Å². The fourth-order valence-corrected chi connectivity index (χ4v) is 1.72. The number of nitrogens with zero attached hydrogens (tertiary/aromatic N) is 2. The maximum atomic E-state index is 9.28. The smallest absolute Gasteiger partial charge is 0.135 e. The molecule has 1 fully saturated rings. The molecule has 0 spiro atoms. The highest BCUT2D eigenvalue weighted by Crippen LogP contribution is 2.39. The molecule has 1 aliphatic rings. The van der Waals surface area contributed by atoms with Gasteiger partial charge in [0.15, 0.2) is 0 Å². The van der Waals surface area contributed by atoms with Crippen LogP contribution in [0.4, 0.5) is 11.6 Å². The van der Waals surface area contributed by atoms with E-state index in [0.29, 0.717) is 0 Å². The summed E-state index contributed by atoms with van der Waals surface area (Å²) >= 11 is 0. The number of aliphatic hydroxyl groups is 1. The SMILES string of the molecule is CNc1nc(C)nc(NC2(CO)CC2)c1C. The summed E-state index contributed by atoms with van der Waals surface area (Å²) in [6.45, 7) is 4.00. The molecule has 5 nitrogen and oxygen atoms in total. The standard InChI is InChI=1S/C11H18N4O/c1-7-9(12-3)13-8(2)14-10(7)15-11(6-16)4-5-11/h16H,4-6H2,1-3H3,(H2,12,13,14,15). The summed E-state index contributed by atoms with van der Waals surface area (Å²) in [5, 5.41) is 15.7. The molecule has 1 saturated carbocycles. The molecule has 5 heteroatoms. The van der Waals surface area contributed by atoms with Gasteiger partial charge in [0.2, 0.25) is 0 Å². The molecule has 0 bridgehead atoms. The van der Waals surface area contributed by atoms with Crippen LogP contribution in [-0.4, -0.2) is 34.3 Å². The van der Waals surface area contributed by atoms with E-state index in [4.69, 9.17) is 0 Å². The van der Waals surface area contributed by atoms with Crippen LogP contribution in [0, 0.1) is 13.8 Å². The second-order valence-electron chi connectivity index (χ2n) is 4.41. The van der Waals surface area contributed by atoms with Crippen molar-refractivity contribution in [1.82, 2.24) is 9.97 Å². The molecule has 0 aliphatic heterocycles. The summed E-state index contributed by atoms with van der Waals surface area (Å²) in [6, 6.07) is 0. The van der Waals surface area contributed by atoms with E-state index in [1.807, 2.05) is 20.9 Å². The lowest BCUT2D eigenvalue weighted by atomic mass is 10.2. The van der Waals surface area contributed by atoms with E-state index < -0.39 is 0 Å². The van der Waals surface area contributed by atoms with Gasteiger partial charge >= 0.3 is 0 Å². The molecule has 0 unspecified atom stereocenters. The van der Waals surface area contributed by atoms with Crippen molar-refractivity contribution < 1.29 is 5.11 Å². The topological polar surface area (TPSA) is 70.1 Å². The van der Waals surface area contributed by atoms with Gasteiger partial charge < -0.3 is 15.7 Å². The molecule has 0 aromatic carbocycles. The lowest BCUT2D eigenvalue weighted by Gasteiger charge is -2.18. The van der Waals surface area contributed by atoms with Crippen LogP contribution in [0.3, 0.4) is 0 Å². The van der Waals surface area contributed by atoms with Crippen molar-refractivity contribution >= 4 is 11.6 Å². The van der Waals surface area contributed by atoms with E-state index in [0.717, 1.165) is 35.9 Å². The average molecular weight is 222 g/mol. The Bertz CT molecular complexity index is 401. The van der Waals surface area contributed by atoms with E-state index in [2.05, 4.69) is 20.6 Å². The number of hydrogen-bond donors (Lipinski definition) is 3. The molecule has 1 aromatic rings. The van der Waals surface area contributed by atoms with Crippen LogP contribution >= 0.6 is 0 Å². The minimum atomic E-state index is -0.142. The Labute approximate surface area is 95.3 Å². The predicted octanol–water partition coefficient (Wildman–Crippen LogP) is 1.07. The van der Waals surface area contributed by atoms with Crippen LogP contribution in [0.5, 0.6) is 0 Å². The number of aliphatic hydroxyl groups excluding tert-OH is 1. The Morgan fingerprint density at radius 1 is 1.25 bits per heavy atom. The van der Waals surface area contributed by atoms with Crippen molar-refractivity contribution in [3.05, 3.63) is 11.4 Å². The summed E-state index contributed by atoms with van der Waals surface area (Å²) in [7, 11) is 1.84. The maximum absolute atomic E-state index is 9.28. The highest BCUT2D eigenvalue weighted by Gasteiger charge is 2.42. The van der Waals surface area contributed by atoms with Gasteiger partial charge in [0.05, 0.1) is 12.1 Å². The summed E-state index contributed by atoms with van der Waals surface area (Å²) in [5.41, 5.74) is 0.851. The normalized spacial score (nSPS) is 17.0. The predicted molar refractivity (Wildman–Crippen MR) is 63.7 cm³/mol. The number of anilines is 2. The van der Waals surface area contributed by atoms with Gasteiger partial charge in [-0.1, -0.05) is 0 Å². The molecule has 88 valence electrons. The molecule has 1 aromatic heterocycles. The second kappa shape index (κ2) is 3.90. The van der Waals surface area contributed by atoms with Crippen LogP contribution in [0.2, 0.25) is 0 Å². The fraction of sp³-hybridized carbons (Fsp3) is 0.636. The van der Waals surface area contributed by atoms with Crippen molar-refractivity contribution in [2.45, 2.75) is 32.2 Å². The zero-order chi connectivity index (χ0) is 11.8. The zero-order valence-corrected chi connectivity index (χ0v) is 9.96. The van der Waals surface area contributed by atoms with E-state index in [1.165, 1.54) is 0 Å². The Hall–Kier alpha value is -1.36. The molecular formula is C11H18N4O. The van der Waals surface area contributed by atoms with E-state index >= 15 is 0 Å². The third kappa shape index (κ3) is 1.95. The van der Waals surface area contributed by atoms with E-state index in [1.54, 1.807) is 0 Å². The van der Waals surface area contributed by atoms with Gasteiger partial charge in [0.25, 0.3) is 0 Å². The minimum Gasteiger partial charge on any atom is -0.394 e. The molecule has 0 radical (unpaired) electrons. The maximum Gasteiger partial charge on any atom is 0.135 e. The highest BCUT2D eigenvalue weighted by atomic mass is 16.3. The van der Waals surface area contributed by atoms with Gasteiger partial charge in [0.1, 0.15) is 17.5 Å². The number of nitrogens with one attached hydrogen (secondary N) is 2. The third-order valence-corrected chi connectivity index (χ3v) is 3.03. The van der Waals surface area contributed by atoms with Gasteiger partial charge in [0, 0.05) is 12.6 Å². The number of hydrogen-bond acceptors (Lipinski definition) is 5. The summed E-state index contributed by atoms with van der Waals surface area (Å²) in [5.74, 6) is 2.39. The molecule has 2 rings (SSSR count). The first-order valence-electron chi connectivity index (χ1n) is 5.52. The van der Waals surface area contributed by atoms with E-state index in [9.17, 15) is 5.11 Å². The van der Waals surface area contributed by atoms with E-state index in [-0.39, 0.29) is 12.1 Å². The third-order valence-electron chi connectivity index (χ3n) is 3.03. The first-order chi connectivity index (χ1) is 7.60. The molecular weight excluding hydrogens is 204 g/mol. The Kier molecular flexibility index (Phi) is 2.71. The van der Waals surface area contributed by atoms with Crippen molar-refractivity contribution in [3.8, 4) is 0 Å². The van der Waals surface area contributed by atoms with Gasteiger partial charge in [-0.3, -0.25) is 0 Å². The van der Waals surface area contributed by atoms with Crippen molar-refractivity contribution in [1.29, 1.82) is 0 Å². The molecule has 1 aliphatic carbocycles. The summed E-state index contributed by atoms with van der Waals surface area (Å²) in [4.78, 5) is 8.68. The lowest BCUT2D eigenvalue weighted by Crippen LogP contribution is -2.27. The summed E-state index contributed by atoms with van der Waals surface area (Å²) in [6.07, 6.45) is 2.00. The van der Waals surface area contributed by atoms with Crippen LogP contribution in [0.1, 0.15) is 24.2 Å². The zero-order valence-electron chi connectivity index (χ0n) is 9.96. The fourth-order valence-electron chi connectivity index (χ4n) is 1.72. The first kappa shape index (κ1) is 11.1. The quantitative estimate of drug-likeness (QED) is 0.711. The molecule has 0 amide bonds. The van der Waals surface area contributed by atoms with Crippen molar-refractivity contribution in [3.63, 3.8) is 0 Å². The Balaban J connectivity index is 2.29. The number of rotatable bonds is 4. The Morgan fingerprint density at radius 3 is 2.38 bits per heavy atom. The highest BCUT2D eigenvalue weighted by molar-refractivity contribution is 5.58. The molecule has 0 saturated heterocycles. The Morgan fingerprint density at radius 2 is 1.88 bits per heavy atom. The van der Waals surface area contributed by atoms with Crippen LogP contribution in [0.25, 0.3) is 0 Å². The number of aromatic nitrogens is 2.